The molecule has 0 amide bonds. The van der Waals surface area contributed by atoms with E-state index >= 15 is 0 Å². The van der Waals surface area contributed by atoms with Crippen molar-refractivity contribution in [3.63, 3.8) is 0 Å². The Kier molecular flexibility index (Phi) is 4.54. The van der Waals surface area contributed by atoms with Crippen LogP contribution in [0.5, 0.6) is 5.75 Å². The number of methoxy groups -OCH3 is 1. The van der Waals surface area contributed by atoms with Crippen LogP contribution in [0.15, 0.2) is 72.4 Å². The Bertz CT molecular complexity index is 773. The number of aromatic nitrogens is 3. The molecular formula is C17H15N5O. The summed E-state index contributed by atoms with van der Waals surface area (Å²) < 4.78 is 5.19. The number of hydrogen-bond donors (Lipinski definition) is 1. The van der Waals surface area contributed by atoms with Crippen LogP contribution in [0.25, 0.3) is 0 Å². The number of rotatable bonds is 5. The van der Waals surface area contributed by atoms with Crippen LogP contribution in [-0.4, -0.2) is 27.8 Å². The molecule has 0 aliphatic heterocycles. The largest absolute Gasteiger partial charge is 0.497 e. The van der Waals surface area contributed by atoms with E-state index in [9.17, 15) is 0 Å². The zero-order valence-electron chi connectivity index (χ0n) is 12.5. The van der Waals surface area contributed by atoms with Crippen LogP contribution >= 0.6 is 0 Å². The molecule has 3 rings (SSSR count). The molecule has 0 bridgehead atoms. The average Bonchev–Trinajstić information content (AvgIpc) is 2.64. The highest BCUT2D eigenvalue weighted by Crippen LogP contribution is 2.15. The zero-order chi connectivity index (χ0) is 15.9. The molecule has 114 valence electrons. The van der Waals surface area contributed by atoms with E-state index in [1.165, 1.54) is 0 Å². The summed E-state index contributed by atoms with van der Waals surface area (Å²) in [5, 5.41) is 4.45. The highest BCUT2D eigenvalue weighted by molar-refractivity contribution is 6.11. The molecule has 0 radical (unpaired) electrons. The summed E-state index contributed by atoms with van der Waals surface area (Å²) in [6.45, 7) is 0. The summed E-state index contributed by atoms with van der Waals surface area (Å²) in [7, 11) is 1.63. The van der Waals surface area contributed by atoms with Gasteiger partial charge in [-0.3, -0.25) is 15.4 Å². The topological polar surface area (TPSA) is 72.3 Å². The van der Waals surface area contributed by atoms with Crippen LogP contribution in [0.1, 0.15) is 11.3 Å². The average molecular weight is 305 g/mol. The molecular weight excluding hydrogens is 290 g/mol. The van der Waals surface area contributed by atoms with Crippen molar-refractivity contribution in [2.45, 2.75) is 0 Å². The summed E-state index contributed by atoms with van der Waals surface area (Å²) in [6.07, 6.45) is 6.63. The predicted octanol–water partition coefficient (Wildman–Crippen LogP) is 2.74. The van der Waals surface area contributed by atoms with Gasteiger partial charge in [0, 0.05) is 24.2 Å². The lowest BCUT2D eigenvalue weighted by molar-refractivity contribution is 0.415. The number of pyridine rings is 1. The van der Waals surface area contributed by atoms with E-state index < -0.39 is 0 Å². The van der Waals surface area contributed by atoms with Gasteiger partial charge in [-0.2, -0.15) is 5.10 Å². The maximum atomic E-state index is 5.19. The predicted molar refractivity (Wildman–Crippen MR) is 88.5 cm³/mol. The van der Waals surface area contributed by atoms with Crippen molar-refractivity contribution in [1.29, 1.82) is 0 Å². The fourth-order valence-corrected chi connectivity index (χ4v) is 1.98. The van der Waals surface area contributed by atoms with Gasteiger partial charge in [0.15, 0.2) is 0 Å². The Hall–Kier alpha value is -3.28. The number of hydrazone groups is 1. The highest BCUT2D eigenvalue weighted by Gasteiger charge is 2.09. The SMILES string of the molecule is COc1ccc(/C(=N/Nc2ccccn2)c2cnccn2)cc1. The van der Waals surface area contributed by atoms with Crippen LogP contribution in [0, 0.1) is 0 Å². The van der Waals surface area contributed by atoms with Gasteiger partial charge in [-0.05, 0) is 36.4 Å². The van der Waals surface area contributed by atoms with Gasteiger partial charge in [0.1, 0.15) is 23.0 Å². The first-order valence-electron chi connectivity index (χ1n) is 7.02. The van der Waals surface area contributed by atoms with E-state index in [-0.39, 0.29) is 0 Å². The Balaban J connectivity index is 1.96. The third-order valence-corrected chi connectivity index (χ3v) is 3.12. The van der Waals surface area contributed by atoms with Crippen LogP contribution in [0.3, 0.4) is 0 Å². The maximum absolute atomic E-state index is 5.19. The van der Waals surface area contributed by atoms with Gasteiger partial charge in [0.25, 0.3) is 0 Å². The zero-order valence-corrected chi connectivity index (χ0v) is 12.5. The summed E-state index contributed by atoms with van der Waals surface area (Å²) in [4.78, 5) is 12.6. The molecule has 6 heteroatoms. The van der Waals surface area contributed by atoms with Gasteiger partial charge in [-0.25, -0.2) is 4.98 Å². The highest BCUT2D eigenvalue weighted by atomic mass is 16.5. The Morgan fingerprint density at radius 1 is 1.00 bits per heavy atom. The lowest BCUT2D eigenvalue weighted by atomic mass is 10.1. The van der Waals surface area contributed by atoms with Crippen LogP contribution in [-0.2, 0) is 0 Å². The summed E-state index contributed by atoms with van der Waals surface area (Å²) in [5.74, 6) is 1.44. The van der Waals surface area contributed by atoms with Gasteiger partial charge in [0.05, 0.1) is 13.3 Å². The fourth-order valence-electron chi connectivity index (χ4n) is 1.98. The van der Waals surface area contributed by atoms with Crippen molar-refractivity contribution in [2.75, 3.05) is 12.5 Å². The van der Waals surface area contributed by atoms with E-state index in [2.05, 4.69) is 25.5 Å². The molecule has 0 aliphatic rings. The van der Waals surface area contributed by atoms with Crippen molar-refractivity contribution in [2.24, 2.45) is 5.10 Å². The molecule has 0 atom stereocenters. The Labute approximate surface area is 133 Å². The number of nitrogens with one attached hydrogen (secondary N) is 1. The number of benzene rings is 1. The first kappa shape index (κ1) is 14.6. The minimum atomic E-state index is 0.655. The lowest BCUT2D eigenvalue weighted by Gasteiger charge is -2.08. The lowest BCUT2D eigenvalue weighted by Crippen LogP contribution is -2.09. The normalized spacial score (nSPS) is 11.1. The van der Waals surface area contributed by atoms with Gasteiger partial charge in [-0.15, -0.1) is 0 Å². The standard InChI is InChI=1S/C17H15N5O/c1-23-14-7-5-13(6-8-14)17(15-12-18-10-11-19-15)22-21-16-4-2-3-9-20-16/h2-12H,1H3,(H,20,21)/b22-17-. The molecule has 6 nitrogen and oxygen atoms in total. The van der Waals surface area contributed by atoms with E-state index in [0.29, 0.717) is 17.2 Å². The van der Waals surface area contributed by atoms with E-state index in [0.717, 1.165) is 11.3 Å². The van der Waals surface area contributed by atoms with Gasteiger partial charge >= 0.3 is 0 Å². The quantitative estimate of drug-likeness (QED) is 0.579. The molecule has 0 spiro atoms. The smallest absolute Gasteiger partial charge is 0.146 e. The fraction of sp³-hybridized carbons (Fsp3) is 0.0588. The summed E-state index contributed by atoms with van der Waals surface area (Å²) in [6, 6.07) is 13.2. The van der Waals surface area contributed by atoms with E-state index in [4.69, 9.17) is 4.74 Å². The molecule has 0 aliphatic carbocycles. The van der Waals surface area contributed by atoms with Crippen molar-refractivity contribution < 1.29 is 4.74 Å². The molecule has 2 aromatic heterocycles. The summed E-state index contributed by atoms with van der Waals surface area (Å²) >= 11 is 0. The number of nitrogens with zero attached hydrogens (tertiary/aromatic N) is 4. The number of ether oxygens (including phenoxy) is 1. The van der Waals surface area contributed by atoms with Crippen molar-refractivity contribution in [3.05, 3.63) is 78.5 Å². The number of anilines is 1. The molecule has 1 aromatic carbocycles. The molecule has 1 N–H and O–H groups in total. The second-order valence-electron chi connectivity index (χ2n) is 4.61. The van der Waals surface area contributed by atoms with Crippen LogP contribution < -0.4 is 10.2 Å². The Morgan fingerprint density at radius 2 is 1.87 bits per heavy atom. The van der Waals surface area contributed by atoms with Crippen LogP contribution in [0.2, 0.25) is 0 Å². The molecule has 0 unspecified atom stereocenters. The van der Waals surface area contributed by atoms with Crippen molar-refractivity contribution >= 4 is 11.5 Å². The second-order valence-corrected chi connectivity index (χ2v) is 4.61. The van der Waals surface area contributed by atoms with Crippen LogP contribution in [0.4, 0.5) is 5.82 Å². The number of hydrogen-bond acceptors (Lipinski definition) is 6. The Morgan fingerprint density at radius 3 is 2.52 bits per heavy atom. The third kappa shape index (κ3) is 3.68. The molecule has 0 fully saturated rings. The molecule has 0 saturated heterocycles. The van der Waals surface area contributed by atoms with Gasteiger partial charge < -0.3 is 4.74 Å². The molecule has 0 saturated carbocycles. The maximum Gasteiger partial charge on any atom is 0.146 e. The third-order valence-electron chi connectivity index (χ3n) is 3.12. The molecule has 2 heterocycles. The second kappa shape index (κ2) is 7.13. The molecule has 23 heavy (non-hydrogen) atoms. The van der Waals surface area contributed by atoms with Gasteiger partial charge in [0.2, 0.25) is 0 Å². The molecule has 3 aromatic rings. The first-order chi connectivity index (χ1) is 11.4. The van der Waals surface area contributed by atoms with E-state index in [1.807, 2.05) is 42.5 Å². The van der Waals surface area contributed by atoms with E-state index in [1.54, 1.807) is 31.9 Å². The first-order valence-corrected chi connectivity index (χ1v) is 7.02. The minimum absolute atomic E-state index is 0.655. The van der Waals surface area contributed by atoms with Gasteiger partial charge in [-0.1, -0.05) is 6.07 Å². The van der Waals surface area contributed by atoms with Crippen molar-refractivity contribution in [1.82, 2.24) is 15.0 Å². The summed E-state index contributed by atoms with van der Waals surface area (Å²) in [5.41, 5.74) is 5.19. The monoisotopic (exact) mass is 305 g/mol. The van der Waals surface area contributed by atoms with Crippen molar-refractivity contribution in [3.8, 4) is 5.75 Å². The minimum Gasteiger partial charge on any atom is -0.497 e.